The Morgan fingerprint density at radius 2 is 1.82 bits per heavy atom. The average Bonchev–Trinajstić information content (AvgIpc) is 2.73. The first kappa shape index (κ1) is 18.6. The van der Waals surface area contributed by atoms with Gasteiger partial charge in [0.15, 0.2) is 0 Å². The summed E-state index contributed by atoms with van der Waals surface area (Å²) in [4.78, 5) is 6.42. The smallest absolute Gasteiger partial charge is 0.210 e. The monoisotopic (exact) mass is 402 g/mol. The summed E-state index contributed by atoms with van der Waals surface area (Å²) in [5.41, 5.74) is 0.944. The van der Waals surface area contributed by atoms with Gasteiger partial charge in [0.05, 0.1) is 36.4 Å². The minimum atomic E-state index is -3.84. The molecule has 6 nitrogen and oxygen atoms in total. The van der Waals surface area contributed by atoms with Gasteiger partial charge in [0.1, 0.15) is 16.5 Å². The standard InChI is InChI=1S/C20H19FN2O4S/c1-26-15-3-5-16(6-4-15)28(24,25)19-13-22-18-12-14(21)2-7-17(18)20(19)23-8-10-27-11-9-23/h2-7,12-13H,8-11H2,1H3. The molecule has 3 aromatic rings. The van der Waals surface area contributed by atoms with E-state index in [9.17, 15) is 12.8 Å². The summed E-state index contributed by atoms with van der Waals surface area (Å²) in [5, 5.41) is 0.595. The molecular weight excluding hydrogens is 383 g/mol. The topological polar surface area (TPSA) is 68.7 Å². The zero-order valence-electron chi connectivity index (χ0n) is 15.3. The minimum absolute atomic E-state index is 0.0960. The molecule has 2 aromatic carbocycles. The number of sulfone groups is 1. The third-order valence-corrected chi connectivity index (χ3v) is 6.53. The van der Waals surface area contributed by atoms with Gasteiger partial charge in [0.25, 0.3) is 0 Å². The Hall–Kier alpha value is -2.71. The number of morpholine rings is 1. The van der Waals surface area contributed by atoms with Crippen molar-refractivity contribution in [2.45, 2.75) is 9.79 Å². The molecule has 146 valence electrons. The summed E-state index contributed by atoms with van der Waals surface area (Å²) in [7, 11) is -2.32. The number of methoxy groups -OCH3 is 1. The van der Waals surface area contributed by atoms with E-state index in [1.807, 2.05) is 4.90 Å². The Morgan fingerprint density at radius 1 is 1.11 bits per heavy atom. The van der Waals surface area contributed by atoms with Crippen molar-refractivity contribution in [2.75, 3.05) is 38.3 Å². The first-order valence-corrected chi connectivity index (χ1v) is 10.3. The van der Waals surface area contributed by atoms with E-state index in [-0.39, 0.29) is 9.79 Å². The number of ether oxygens (including phenoxy) is 2. The molecule has 1 aliphatic heterocycles. The van der Waals surface area contributed by atoms with Gasteiger partial charge in [0, 0.05) is 30.7 Å². The van der Waals surface area contributed by atoms with Crippen LogP contribution < -0.4 is 9.64 Å². The summed E-state index contributed by atoms with van der Waals surface area (Å²) in [6, 6.07) is 10.4. The van der Waals surface area contributed by atoms with E-state index < -0.39 is 15.7 Å². The maximum atomic E-state index is 13.7. The quantitative estimate of drug-likeness (QED) is 0.668. The highest BCUT2D eigenvalue weighted by atomic mass is 32.2. The van der Waals surface area contributed by atoms with Gasteiger partial charge in [-0.2, -0.15) is 0 Å². The van der Waals surface area contributed by atoms with E-state index in [2.05, 4.69) is 4.98 Å². The van der Waals surface area contributed by atoms with Gasteiger partial charge in [-0.25, -0.2) is 12.8 Å². The van der Waals surface area contributed by atoms with Crippen LogP contribution in [0.5, 0.6) is 5.75 Å². The van der Waals surface area contributed by atoms with E-state index in [0.717, 1.165) is 0 Å². The van der Waals surface area contributed by atoms with Crippen molar-refractivity contribution in [3.63, 3.8) is 0 Å². The van der Waals surface area contributed by atoms with E-state index in [4.69, 9.17) is 9.47 Å². The fourth-order valence-electron chi connectivity index (χ4n) is 3.33. The summed E-state index contributed by atoms with van der Waals surface area (Å²) in [6.45, 7) is 2.07. The Labute approximate surface area is 162 Å². The number of pyridine rings is 1. The lowest BCUT2D eigenvalue weighted by Crippen LogP contribution is -2.37. The van der Waals surface area contributed by atoms with Gasteiger partial charge < -0.3 is 14.4 Å². The molecule has 0 aliphatic carbocycles. The number of halogens is 1. The lowest BCUT2D eigenvalue weighted by molar-refractivity contribution is 0.122. The molecular formula is C20H19FN2O4S. The van der Waals surface area contributed by atoms with Crippen LogP contribution in [-0.2, 0) is 14.6 Å². The number of anilines is 1. The van der Waals surface area contributed by atoms with Crippen LogP contribution in [0.25, 0.3) is 10.9 Å². The molecule has 0 atom stereocenters. The SMILES string of the molecule is COc1ccc(S(=O)(=O)c2cnc3cc(F)ccc3c2N2CCOCC2)cc1. The van der Waals surface area contributed by atoms with Crippen LogP contribution in [-0.4, -0.2) is 46.8 Å². The molecule has 1 aromatic heterocycles. The van der Waals surface area contributed by atoms with Crippen molar-refractivity contribution in [1.29, 1.82) is 0 Å². The highest BCUT2D eigenvalue weighted by molar-refractivity contribution is 7.91. The normalized spacial score (nSPS) is 15.0. The van der Waals surface area contributed by atoms with Crippen LogP contribution >= 0.6 is 0 Å². The third-order valence-electron chi connectivity index (χ3n) is 4.76. The highest BCUT2D eigenvalue weighted by Gasteiger charge is 2.28. The number of nitrogens with zero attached hydrogens (tertiary/aromatic N) is 2. The van der Waals surface area contributed by atoms with E-state index in [0.29, 0.717) is 48.6 Å². The molecule has 0 unspecified atom stereocenters. The molecule has 1 fully saturated rings. The maximum Gasteiger partial charge on any atom is 0.210 e. The van der Waals surface area contributed by atoms with Gasteiger partial charge in [-0.15, -0.1) is 0 Å². The Kier molecular flexibility index (Phi) is 4.91. The molecule has 0 bridgehead atoms. The van der Waals surface area contributed by atoms with Gasteiger partial charge in [-0.1, -0.05) is 0 Å². The van der Waals surface area contributed by atoms with Crippen LogP contribution in [0, 0.1) is 5.82 Å². The number of hydrogen-bond donors (Lipinski definition) is 0. The second kappa shape index (κ2) is 7.37. The fraction of sp³-hybridized carbons (Fsp3) is 0.250. The van der Waals surface area contributed by atoms with Gasteiger partial charge in [0.2, 0.25) is 9.84 Å². The fourth-order valence-corrected chi connectivity index (χ4v) is 4.76. The Bertz CT molecular complexity index is 1110. The summed E-state index contributed by atoms with van der Waals surface area (Å²) >= 11 is 0. The van der Waals surface area contributed by atoms with Crippen molar-refractivity contribution in [1.82, 2.24) is 4.98 Å². The molecule has 0 saturated carbocycles. The average molecular weight is 402 g/mol. The predicted octanol–water partition coefficient (Wildman–Crippen LogP) is 3.05. The zero-order chi connectivity index (χ0) is 19.7. The maximum absolute atomic E-state index is 13.7. The molecule has 1 aliphatic rings. The largest absolute Gasteiger partial charge is 0.497 e. The number of benzene rings is 2. The number of aromatic nitrogens is 1. The molecule has 1 saturated heterocycles. The van der Waals surface area contributed by atoms with E-state index >= 15 is 0 Å². The predicted molar refractivity (Wildman–Crippen MR) is 103 cm³/mol. The molecule has 4 rings (SSSR count). The number of hydrogen-bond acceptors (Lipinski definition) is 6. The van der Waals surface area contributed by atoms with E-state index in [1.165, 1.54) is 37.6 Å². The van der Waals surface area contributed by atoms with Crippen LogP contribution in [0.1, 0.15) is 0 Å². The van der Waals surface area contributed by atoms with Crippen LogP contribution in [0.15, 0.2) is 58.5 Å². The summed E-state index contributed by atoms with van der Waals surface area (Å²) in [5.74, 6) is 0.151. The minimum Gasteiger partial charge on any atom is -0.497 e. The van der Waals surface area contributed by atoms with E-state index in [1.54, 1.807) is 18.2 Å². The van der Waals surface area contributed by atoms with Crippen molar-refractivity contribution >= 4 is 26.4 Å². The molecule has 0 amide bonds. The van der Waals surface area contributed by atoms with Crippen LogP contribution in [0.4, 0.5) is 10.1 Å². The molecule has 8 heteroatoms. The lowest BCUT2D eigenvalue weighted by Gasteiger charge is -2.31. The van der Waals surface area contributed by atoms with Crippen molar-refractivity contribution in [3.05, 3.63) is 54.5 Å². The lowest BCUT2D eigenvalue weighted by atomic mass is 10.1. The second-order valence-corrected chi connectivity index (χ2v) is 8.33. The van der Waals surface area contributed by atoms with Gasteiger partial charge >= 0.3 is 0 Å². The first-order valence-electron chi connectivity index (χ1n) is 8.81. The van der Waals surface area contributed by atoms with Crippen molar-refractivity contribution in [2.24, 2.45) is 0 Å². The number of fused-ring (bicyclic) bond motifs is 1. The molecule has 2 heterocycles. The molecule has 0 N–H and O–H groups in total. The molecule has 28 heavy (non-hydrogen) atoms. The Balaban J connectivity index is 1.93. The highest BCUT2D eigenvalue weighted by Crippen LogP contribution is 2.36. The first-order chi connectivity index (χ1) is 13.5. The van der Waals surface area contributed by atoms with Crippen LogP contribution in [0.2, 0.25) is 0 Å². The van der Waals surface area contributed by atoms with Crippen molar-refractivity contribution < 1.29 is 22.3 Å². The van der Waals surface area contributed by atoms with Gasteiger partial charge in [-0.05, 0) is 36.4 Å². The molecule has 0 spiro atoms. The summed E-state index contributed by atoms with van der Waals surface area (Å²) in [6.07, 6.45) is 1.31. The van der Waals surface area contributed by atoms with Crippen LogP contribution in [0.3, 0.4) is 0 Å². The third kappa shape index (κ3) is 3.29. The Morgan fingerprint density at radius 3 is 2.50 bits per heavy atom. The zero-order valence-corrected chi connectivity index (χ0v) is 16.1. The second-order valence-electron chi connectivity index (χ2n) is 6.41. The van der Waals surface area contributed by atoms with Gasteiger partial charge in [-0.3, -0.25) is 4.98 Å². The van der Waals surface area contributed by atoms with Crippen molar-refractivity contribution in [3.8, 4) is 5.75 Å². The number of rotatable bonds is 4. The summed E-state index contributed by atoms with van der Waals surface area (Å²) < 4.78 is 51.0. The molecule has 0 radical (unpaired) electrons.